The van der Waals surface area contributed by atoms with E-state index in [1.165, 1.54) is 51.4 Å². The van der Waals surface area contributed by atoms with Crippen molar-refractivity contribution in [3.8, 4) is 0 Å². The summed E-state index contributed by atoms with van der Waals surface area (Å²) in [7, 11) is 1.78. The van der Waals surface area contributed by atoms with Gasteiger partial charge in [0.1, 0.15) is 6.04 Å². The van der Waals surface area contributed by atoms with E-state index in [0.717, 1.165) is 19.3 Å². The van der Waals surface area contributed by atoms with Gasteiger partial charge in [-0.25, -0.2) is 0 Å². The van der Waals surface area contributed by atoms with Gasteiger partial charge in [0.15, 0.2) is 0 Å². The van der Waals surface area contributed by atoms with Gasteiger partial charge in [-0.15, -0.1) is 12.4 Å². The Kier molecular flexibility index (Phi) is 22.0. The molecule has 0 aliphatic carbocycles. The zero-order valence-corrected chi connectivity index (χ0v) is 19.2. The second-order valence-electron chi connectivity index (χ2n) is 7.47. The number of primary amides is 1. The highest BCUT2D eigenvalue weighted by Gasteiger charge is 2.22. The van der Waals surface area contributed by atoms with Gasteiger partial charge in [-0.3, -0.25) is 14.4 Å². The summed E-state index contributed by atoms with van der Waals surface area (Å²) >= 11 is 0. The van der Waals surface area contributed by atoms with Crippen LogP contribution >= 0.6 is 12.4 Å². The van der Waals surface area contributed by atoms with Crippen LogP contribution in [0.4, 0.5) is 0 Å². The number of hydrogen-bond acceptors (Lipinski definition) is 4. The van der Waals surface area contributed by atoms with E-state index in [1.807, 2.05) is 0 Å². The SMILES string of the molecule is CCCCCCCCCCCCCC(=O)NC(CC(N)=O)C(=O)NCCNC.Cl. The van der Waals surface area contributed by atoms with E-state index in [2.05, 4.69) is 22.9 Å². The van der Waals surface area contributed by atoms with Gasteiger partial charge in [-0.05, 0) is 13.5 Å². The minimum absolute atomic E-state index is 0. The Hall–Kier alpha value is -1.34. The van der Waals surface area contributed by atoms with Crippen LogP contribution in [-0.2, 0) is 14.4 Å². The predicted octanol–water partition coefficient (Wildman–Crippen LogP) is 2.81. The maximum absolute atomic E-state index is 12.1. The molecule has 0 aromatic carbocycles. The van der Waals surface area contributed by atoms with Crippen LogP contribution in [0.3, 0.4) is 0 Å². The zero-order chi connectivity index (χ0) is 21.0. The van der Waals surface area contributed by atoms with Crippen LogP contribution in [-0.4, -0.2) is 43.9 Å². The summed E-state index contributed by atoms with van der Waals surface area (Å²) in [6.07, 6.45) is 13.6. The minimum atomic E-state index is -0.894. The number of rotatable bonds is 19. The lowest BCUT2D eigenvalue weighted by atomic mass is 10.1. The molecule has 0 aromatic heterocycles. The van der Waals surface area contributed by atoms with Crippen molar-refractivity contribution in [2.24, 2.45) is 5.73 Å². The fraction of sp³-hybridized carbons (Fsp3) is 0.857. The lowest BCUT2D eigenvalue weighted by molar-refractivity contribution is -0.131. The predicted molar refractivity (Wildman–Crippen MR) is 121 cm³/mol. The van der Waals surface area contributed by atoms with Crippen LogP contribution in [0, 0.1) is 0 Å². The molecule has 0 saturated heterocycles. The van der Waals surface area contributed by atoms with Gasteiger partial charge in [0, 0.05) is 19.5 Å². The molecule has 0 bridgehead atoms. The highest BCUT2D eigenvalue weighted by Crippen LogP contribution is 2.12. The first-order chi connectivity index (χ1) is 13.5. The standard InChI is InChI=1S/C21H42N4O3.ClH/c1-3-4-5-6-7-8-9-10-11-12-13-14-20(27)25-18(17-19(22)26)21(28)24-16-15-23-2;/h18,23H,3-17H2,1-2H3,(H2,22,26)(H,24,28)(H,25,27);1H. The number of unbranched alkanes of at least 4 members (excludes halogenated alkanes) is 10. The van der Waals surface area contributed by atoms with Gasteiger partial charge in [0.05, 0.1) is 6.42 Å². The molecule has 29 heavy (non-hydrogen) atoms. The van der Waals surface area contributed by atoms with E-state index in [9.17, 15) is 14.4 Å². The van der Waals surface area contributed by atoms with Crippen LogP contribution < -0.4 is 21.7 Å². The summed E-state index contributed by atoms with van der Waals surface area (Å²) < 4.78 is 0. The lowest BCUT2D eigenvalue weighted by Gasteiger charge is -2.17. The third kappa shape index (κ3) is 19.7. The number of amides is 3. The van der Waals surface area contributed by atoms with Crippen molar-refractivity contribution in [2.45, 2.75) is 96.4 Å². The molecule has 3 amide bonds. The molecule has 0 fully saturated rings. The van der Waals surface area contributed by atoms with E-state index in [0.29, 0.717) is 19.5 Å². The van der Waals surface area contributed by atoms with E-state index in [-0.39, 0.29) is 30.6 Å². The molecular formula is C21H43ClN4O3. The number of likely N-dealkylation sites (N-methyl/N-ethyl adjacent to an activating group) is 1. The second-order valence-corrected chi connectivity index (χ2v) is 7.47. The first kappa shape index (κ1) is 29.9. The third-order valence-corrected chi connectivity index (χ3v) is 4.74. The van der Waals surface area contributed by atoms with Crippen LogP contribution in [0.5, 0.6) is 0 Å². The molecule has 7 nitrogen and oxygen atoms in total. The average Bonchev–Trinajstić information content (AvgIpc) is 2.65. The van der Waals surface area contributed by atoms with Gasteiger partial charge < -0.3 is 21.7 Å². The third-order valence-electron chi connectivity index (χ3n) is 4.74. The number of halogens is 1. The van der Waals surface area contributed by atoms with Crippen molar-refractivity contribution < 1.29 is 14.4 Å². The first-order valence-corrected chi connectivity index (χ1v) is 11.0. The largest absolute Gasteiger partial charge is 0.370 e. The molecule has 0 aliphatic rings. The number of carbonyl (C=O) groups is 3. The lowest BCUT2D eigenvalue weighted by Crippen LogP contribution is -2.49. The van der Waals surface area contributed by atoms with Crippen molar-refractivity contribution in [1.82, 2.24) is 16.0 Å². The summed E-state index contributed by atoms with van der Waals surface area (Å²) in [5, 5.41) is 8.23. The molecular weight excluding hydrogens is 392 g/mol. The van der Waals surface area contributed by atoms with Gasteiger partial charge in [0.25, 0.3) is 0 Å². The van der Waals surface area contributed by atoms with Crippen LogP contribution in [0.25, 0.3) is 0 Å². The van der Waals surface area contributed by atoms with Crippen LogP contribution in [0.2, 0.25) is 0 Å². The van der Waals surface area contributed by atoms with Crippen molar-refractivity contribution >= 4 is 30.1 Å². The molecule has 1 unspecified atom stereocenters. The van der Waals surface area contributed by atoms with E-state index >= 15 is 0 Å². The summed E-state index contributed by atoms with van der Waals surface area (Å²) in [6.45, 7) is 3.28. The van der Waals surface area contributed by atoms with Crippen LogP contribution in [0.1, 0.15) is 90.4 Å². The second kappa shape index (κ2) is 21.4. The Balaban J connectivity index is 0. The zero-order valence-electron chi connectivity index (χ0n) is 18.4. The summed E-state index contributed by atoms with van der Waals surface area (Å²) in [5.41, 5.74) is 5.19. The van der Waals surface area contributed by atoms with E-state index < -0.39 is 11.9 Å². The Morgan fingerprint density at radius 2 is 1.34 bits per heavy atom. The number of nitrogens with one attached hydrogen (secondary N) is 3. The maximum Gasteiger partial charge on any atom is 0.243 e. The molecule has 0 aliphatic heterocycles. The average molecular weight is 435 g/mol. The van der Waals surface area contributed by atoms with Crippen molar-refractivity contribution in [3.63, 3.8) is 0 Å². The fourth-order valence-corrected chi connectivity index (χ4v) is 3.06. The smallest absolute Gasteiger partial charge is 0.243 e. The molecule has 0 spiro atoms. The molecule has 0 aromatic rings. The fourth-order valence-electron chi connectivity index (χ4n) is 3.06. The highest BCUT2D eigenvalue weighted by atomic mass is 35.5. The van der Waals surface area contributed by atoms with Gasteiger partial charge >= 0.3 is 0 Å². The Morgan fingerprint density at radius 1 is 0.828 bits per heavy atom. The topological polar surface area (TPSA) is 113 Å². The molecule has 5 N–H and O–H groups in total. The molecule has 1 atom stereocenters. The summed E-state index contributed by atoms with van der Waals surface area (Å²) in [6, 6.07) is -0.894. The molecule has 8 heteroatoms. The normalized spacial score (nSPS) is 11.4. The molecule has 0 heterocycles. The van der Waals surface area contributed by atoms with E-state index in [4.69, 9.17) is 5.73 Å². The Bertz CT molecular complexity index is 436. The summed E-state index contributed by atoms with van der Waals surface area (Å²) in [5.74, 6) is -1.18. The number of hydrogen-bond donors (Lipinski definition) is 4. The quantitative estimate of drug-likeness (QED) is 0.234. The molecule has 0 rings (SSSR count). The molecule has 0 radical (unpaired) electrons. The van der Waals surface area contributed by atoms with Gasteiger partial charge in [-0.2, -0.15) is 0 Å². The first-order valence-electron chi connectivity index (χ1n) is 11.0. The molecule has 0 saturated carbocycles. The Morgan fingerprint density at radius 3 is 1.83 bits per heavy atom. The monoisotopic (exact) mass is 434 g/mol. The highest BCUT2D eigenvalue weighted by molar-refractivity contribution is 5.91. The van der Waals surface area contributed by atoms with Gasteiger partial charge in [-0.1, -0.05) is 71.1 Å². The minimum Gasteiger partial charge on any atom is -0.370 e. The summed E-state index contributed by atoms with van der Waals surface area (Å²) in [4.78, 5) is 35.3. The van der Waals surface area contributed by atoms with E-state index in [1.54, 1.807) is 7.05 Å². The van der Waals surface area contributed by atoms with Crippen molar-refractivity contribution in [2.75, 3.05) is 20.1 Å². The Labute approximate surface area is 183 Å². The van der Waals surface area contributed by atoms with Gasteiger partial charge in [0.2, 0.25) is 17.7 Å². The van der Waals surface area contributed by atoms with Crippen LogP contribution in [0.15, 0.2) is 0 Å². The number of nitrogens with two attached hydrogens (primary N) is 1. The maximum atomic E-state index is 12.1. The molecule has 172 valence electrons. The van der Waals surface area contributed by atoms with Crippen molar-refractivity contribution in [3.05, 3.63) is 0 Å². The number of carbonyl (C=O) groups excluding carboxylic acids is 3. The van der Waals surface area contributed by atoms with Crippen molar-refractivity contribution in [1.29, 1.82) is 0 Å².